The number of aliphatic hydroxyl groups is 1. The van der Waals surface area contributed by atoms with Crippen LogP contribution in [0.4, 0.5) is 0 Å². The van der Waals surface area contributed by atoms with E-state index in [2.05, 4.69) is 13.0 Å². The first kappa shape index (κ1) is 29.7. The summed E-state index contributed by atoms with van der Waals surface area (Å²) in [5.74, 6) is 0.196. The SMILES string of the molecule is CCCCN(CCCO)C(=O)CN1C[C@H](c2ccc3c(c2)CCO3)[C@@H](C(=O)O)[C@@H]1CCOc1ccccc1OC. The number of amides is 1. The normalized spacial score (nSPS) is 20.1. The highest BCUT2D eigenvalue weighted by Crippen LogP contribution is 2.41. The molecule has 2 N–H and O–H groups in total. The first-order valence-corrected chi connectivity index (χ1v) is 14.3. The first-order chi connectivity index (χ1) is 19.5. The Balaban J connectivity index is 1.57. The van der Waals surface area contributed by atoms with Gasteiger partial charge in [-0.1, -0.05) is 37.6 Å². The van der Waals surface area contributed by atoms with Crippen molar-refractivity contribution in [2.45, 2.75) is 51.0 Å². The highest BCUT2D eigenvalue weighted by molar-refractivity contribution is 5.79. The summed E-state index contributed by atoms with van der Waals surface area (Å²) in [5.41, 5.74) is 2.06. The Hall–Kier alpha value is -3.30. The molecule has 1 amide bonds. The largest absolute Gasteiger partial charge is 0.493 e. The van der Waals surface area contributed by atoms with Crippen LogP contribution in [-0.4, -0.2) is 91.0 Å². The maximum Gasteiger partial charge on any atom is 0.308 e. The second-order valence-corrected chi connectivity index (χ2v) is 10.5. The Morgan fingerprint density at radius 1 is 1.12 bits per heavy atom. The van der Waals surface area contributed by atoms with Crippen molar-refractivity contribution in [3.05, 3.63) is 53.6 Å². The number of nitrogens with zero attached hydrogens (tertiary/aromatic N) is 2. The zero-order valence-corrected chi connectivity index (χ0v) is 23.6. The van der Waals surface area contributed by atoms with Crippen molar-refractivity contribution < 1.29 is 34.0 Å². The van der Waals surface area contributed by atoms with Gasteiger partial charge in [-0.05, 0) is 48.6 Å². The maximum absolute atomic E-state index is 13.5. The van der Waals surface area contributed by atoms with Gasteiger partial charge in [0.1, 0.15) is 5.75 Å². The number of para-hydroxylation sites is 2. The predicted octanol–water partition coefficient (Wildman–Crippen LogP) is 3.58. The Bertz CT molecular complexity index is 1130. The van der Waals surface area contributed by atoms with Gasteiger partial charge in [-0.25, -0.2) is 0 Å². The molecule has 0 unspecified atom stereocenters. The van der Waals surface area contributed by atoms with Crippen molar-refractivity contribution in [1.29, 1.82) is 0 Å². The molecule has 3 atom stereocenters. The molecule has 9 heteroatoms. The molecule has 2 aliphatic heterocycles. The third-order valence-electron chi connectivity index (χ3n) is 7.97. The molecule has 2 aliphatic rings. The molecule has 1 fully saturated rings. The Labute approximate surface area is 236 Å². The summed E-state index contributed by atoms with van der Waals surface area (Å²) < 4.78 is 17.1. The van der Waals surface area contributed by atoms with Gasteiger partial charge >= 0.3 is 5.97 Å². The third-order valence-corrected chi connectivity index (χ3v) is 7.97. The van der Waals surface area contributed by atoms with Crippen molar-refractivity contribution in [3.8, 4) is 17.2 Å². The van der Waals surface area contributed by atoms with Crippen molar-refractivity contribution in [2.75, 3.05) is 53.1 Å². The number of rotatable bonds is 15. The van der Waals surface area contributed by atoms with Crippen molar-refractivity contribution in [2.24, 2.45) is 5.92 Å². The van der Waals surface area contributed by atoms with Gasteiger partial charge in [-0.2, -0.15) is 0 Å². The van der Waals surface area contributed by atoms with Crippen LogP contribution in [0.2, 0.25) is 0 Å². The number of unbranched alkanes of at least 4 members (excludes halogenated alkanes) is 1. The molecule has 2 heterocycles. The van der Waals surface area contributed by atoms with Gasteiger partial charge in [0.25, 0.3) is 0 Å². The van der Waals surface area contributed by atoms with E-state index in [1.54, 1.807) is 12.0 Å². The number of carboxylic acids is 1. The Morgan fingerprint density at radius 2 is 1.90 bits per heavy atom. The lowest BCUT2D eigenvalue weighted by Gasteiger charge is -2.29. The van der Waals surface area contributed by atoms with E-state index in [1.807, 2.05) is 41.3 Å². The molecule has 0 spiro atoms. The molecule has 2 aromatic carbocycles. The fourth-order valence-electron chi connectivity index (χ4n) is 5.90. The fraction of sp³-hybridized carbons (Fsp3) is 0.548. The first-order valence-electron chi connectivity index (χ1n) is 14.3. The van der Waals surface area contributed by atoms with Crippen LogP contribution >= 0.6 is 0 Å². The van der Waals surface area contributed by atoms with E-state index in [9.17, 15) is 19.8 Å². The minimum Gasteiger partial charge on any atom is -0.493 e. The van der Waals surface area contributed by atoms with Crippen LogP contribution < -0.4 is 14.2 Å². The minimum atomic E-state index is -0.873. The van der Waals surface area contributed by atoms with Gasteiger partial charge in [-0.15, -0.1) is 0 Å². The van der Waals surface area contributed by atoms with E-state index in [-0.39, 0.29) is 31.6 Å². The van der Waals surface area contributed by atoms with Gasteiger partial charge in [0.15, 0.2) is 11.5 Å². The number of aliphatic carboxylic acids is 1. The molecular weight excluding hydrogens is 512 g/mol. The predicted molar refractivity (Wildman–Crippen MR) is 151 cm³/mol. The number of hydrogen-bond donors (Lipinski definition) is 2. The van der Waals surface area contributed by atoms with E-state index in [0.29, 0.717) is 50.6 Å². The summed E-state index contributed by atoms with van der Waals surface area (Å²) >= 11 is 0. The average molecular weight is 555 g/mol. The monoisotopic (exact) mass is 554 g/mol. The topological polar surface area (TPSA) is 109 Å². The molecule has 218 valence electrons. The number of carbonyl (C=O) groups excluding carboxylic acids is 1. The van der Waals surface area contributed by atoms with Gasteiger partial charge < -0.3 is 29.3 Å². The summed E-state index contributed by atoms with van der Waals surface area (Å²) in [6.45, 7) is 4.73. The Kier molecular flexibility index (Phi) is 10.7. The average Bonchev–Trinajstić information content (AvgIpc) is 3.57. The van der Waals surface area contributed by atoms with Crippen LogP contribution in [0, 0.1) is 5.92 Å². The van der Waals surface area contributed by atoms with Crippen LogP contribution in [0.15, 0.2) is 42.5 Å². The highest BCUT2D eigenvalue weighted by Gasteiger charge is 2.47. The van der Waals surface area contributed by atoms with Gasteiger partial charge in [0.05, 0.1) is 32.8 Å². The molecule has 2 aromatic rings. The molecule has 40 heavy (non-hydrogen) atoms. The van der Waals surface area contributed by atoms with Crippen molar-refractivity contribution >= 4 is 11.9 Å². The van der Waals surface area contributed by atoms with Crippen molar-refractivity contribution in [1.82, 2.24) is 9.80 Å². The van der Waals surface area contributed by atoms with Crippen LogP contribution in [0.3, 0.4) is 0 Å². The summed E-state index contributed by atoms with van der Waals surface area (Å²) in [4.78, 5) is 30.1. The van der Waals surface area contributed by atoms with Crippen LogP contribution in [0.25, 0.3) is 0 Å². The summed E-state index contributed by atoms with van der Waals surface area (Å²) in [7, 11) is 1.58. The number of likely N-dealkylation sites (tertiary alicyclic amines) is 1. The van der Waals surface area contributed by atoms with E-state index in [1.165, 1.54) is 0 Å². The van der Waals surface area contributed by atoms with Crippen molar-refractivity contribution in [3.63, 3.8) is 0 Å². The van der Waals surface area contributed by atoms with Crippen LogP contribution in [-0.2, 0) is 16.0 Å². The zero-order chi connectivity index (χ0) is 28.5. The maximum atomic E-state index is 13.5. The molecule has 0 radical (unpaired) electrons. The number of benzene rings is 2. The lowest BCUT2D eigenvalue weighted by molar-refractivity contribution is -0.144. The quantitative estimate of drug-likeness (QED) is 0.344. The number of hydrogen-bond acceptors (Lipinski definition) is 7. The molecule has 0 aromatic heterocycles. The highest BCUT2D eigenvalue weighted by atomic mass is 16.5. The number of fused-ring (bicyclic) bond motifs is 1. The second-order valence-electron chi connectivity index (χ2n) is 10.5. The number of carboxylic acid groups (broad SMARTS) is 1. The van der Waals surface area contributed by atoms with Crippen LogP contribution in [0.1, 0.15) is 49.7 Å². The van der Waals surface area contributed by atoms with E-state index in [0.717, 1.165) is 36.1 Å². The molecule has 0 aliphatic carbocycles. The van der Waals surface area contributed by atoms with E-state index < -0.39 is 17.9 Å². The van der Waals surface area contributed by atoms with E-state index in [4.69, 9.17) is 14.2 Å². The number of carbonyl (C=O) groups is 2. The summed E-state index contributed by atoms with van der Waals surface area (Å²) in [6.07, 6.45) is 3.61. The standard InChI is InChI=1S/C31H42N2O7/c1-3-4-14-32(15-7-16-34)29(35)21-33-20-24(22-10-11-26-23(19-22)12-17-39-26)30(31(36)37)25(33)13-18-40-28-9-6-5-8-27(28)38-2/h5-6,8-11,19,24-25,30,34H,3-4,7,12-18,20-21H2,1-2H3,(H,36,37)/t24-,25+,30-/m1/s1. The molecule has 4 rings (SSSR count). The number of aliphatic hydroxyl groups excluding tert-OH is 1. The summed E-state index contributed by atoms with van der Waals surface area (Å²) in [6, 6.07) is 13.0. The molecule has 0 saturated carbocycles. The van der Waals surface area contributed by atoms with E-state index >= 15 is 0 Å². The lowest BCUT2D eigenvalue weighted by Crippen LogP contribution is -2.45. The van der Waals surface area contributed by atoms with Gasteiger partial charge in [0.2, 0.25) is 5.91 Å². The molecule has 9 nitrogen and oxygen atoms in total. The van der Waals surface area contributed by atoms with Gasteiger partial charge in [-0.3, -0.25) is 14.5 Å². The fourth-order valence-corrected chi connectivity index (χ4v) is 5.90. The third kappa shape index (κ3) is 7.06. The minimum absolute atomic E-state index is 0.0216. The number of methoxy groups -OCH3 is 1. The summed E-state index contributed by atoms with van der Waals surface area (Å²) in [5, 5.41) is 19.8. The smallest absolute Gasteiger partial charge is 0.308 e. The molecular formula is C31H42N2O7. The van der Waals surface area contributed by atoms with Gasteiger partial charge in [0, 0.05) is 44.6 Å². The lowest BCUT2D eigenvalue weighted by atomic mass is 9.83. The molecule has 0 bridgehead atoms. The molecule has 1 saturated heterocycles. The second kappa shape index (κ2) is 14.4. The van der Waals surface area contributed by atoms with Crippen LogP contribution in [0.5, 0.6) is 17.2 Å². The zero-order valence-electron chi connectivity index (χ0n) is 23.6. The number of ether oxygens (including phenoxy) is 3. The Morgan fingerprint density at radius 3 is 2.62 bits per heavy atom.